The fourth-order valence-corrected chi connectivity index (χ4v) is 2.15. The Morgan fingerprint density at radius 3 is 2.47 bits per heavy atom. The Balaban J connectivity index is 2.02. The largest absolute Gasteiger partial charge is 0.494 e. The zero-order chi connectivity index (χ0) is 10.7. The summed E-state index contributed by atoms with van der Waals surface area (Å²) in [7, 11) is 0. The molecular formula is C11H11NO2S. The summed E-state index contributed by atoms with van der Waals surface area (Å²) in [5.41, 5.74) is 1.18. The van der Waals surface area contributed by atoms with Crippen molar-refractivity contribution >= 4 is 11.8 Å². The van der Waals surface area contributed by atoms with E-state index in [0.29, 0.717) is 4.90 Å². The molecule has 0 fully saturated rings. The Kier molecular flexibility index (Phi) is 2.87. The molecule has 2 aromatic rings. The molecule has 3 N–H and O–H groups in total. The quantitative estimate of drug-likeness (QED) is 0.698. The molecule has 2 rings (SSSR count). The lowest BCUT2D eigenvalue weighted by molar-refractivity contribution is 0.421. The average molecular weight is 221 g/mol. The summed E-state index contributed by atoms with van der Waals surface area (Å²) >= 11 is 1.48. The predicted molar refractivity (Wildman–Crippen MR) is 60.1 cm³/mol. The molecule has 78 valence electrons. The minimum atomic E-state index is -0.0111. The Morgan fingerprint density at radius 2 is 1.87 bits per heavy atom. The van der Waals surface area contributed by atoms with Crippen molar-refractivity contribution in [3.63, 3.8) is 0 Å². The molecule has 0 spiro atoms. The maximum atomic E-state index is 9.37. The number of thioether (sulfide) groups is 1. The van der Waals surface area contributed by atoms with Crippen molar-refractivity contribution in [1.29, 1.82) is 0 Å². The third-order valence-electron chi connectivity index (χ3n) is 1.98. The number of nitrogens with one attached hydrogen (secondary N) is 1. The number of rotatable bonds is 3. The summed E-state index contributed by atoms with van der Waals surface area (Å²) in [6.07, 6.45) is 0. The molecule has 15 heavy (non-hydrogen) atoms. The second-order valence-corrected chi connectivity index (χ2v) is 4.16. The van der Waals surface area contributed by atoms with Gasteiger partial charge in [-0.1, -0.05) is 30.3 Å². The molecule has 0 bridgehead atoms. The highest BCUT2D eigenvalue weighted by Crippen LogP contribution is 2.33. The number of hydrogen-bond donors (Lipinski definition) is 3. The SMILES string of the molecule is Oc1cc(SCc2ccccc2)c(O)[nH]1. The van der Waals surface area contributed by atoms with E-state index in [2.05, 4.69) is 4.98 Å². The third-order valence-corrected chi connectivity index (χ3v) is 3.08. The standard InChI is InChI=1S/C11H11NO2S/c13-10-6-9(11(14)12-10)15-7-8-4-2-1-3-5-8/h1-6,12-14H,7H2. The van der Waals surface area contributed by atoms with Gasteiger partial charge in [0.25, 0.3) is 0 Å². The second kappa shape index (κ2) is 4.31. The Morgan fingerprint density at radius 1 is 1.13 bits per heavy atom. The third kappa shape index (κ3) is 2.47. The van der Waals surface area contributed by atoms with Gasteiger partial charge in [0.2, 0.25) is 5.88 Å². The molecule has 1 heterocycles. The smallest absolute Gasteiger partial charge is 0.205 e. The highest BCUT2D eigenvalue weighted by atomic mass is 32.2. The highest BCUT2D eigenvalue weighted by molar-refractivity contribution is 7.98. The number of aromatic amines is 1. The van der Waals surface area contributed by atoms with Gasteiger partial charge >= 0.3 is 0 Å². The van der Waals surface area contributed by atoms with E-state index in [1.165, 1.54) is 23.4 Å². The molecule has 1 aromatic carbocycles. The van der Waals surface area contributed by atoms with Crippen LogP contribution in [0.1, 0.15) is 5.56 Å². The van der Waals surface area contributed by atoms with E-state index in [0.717, 1.165) is 5.75 Å². The van der Waals surface area contributed by atoms with Crippen LogP contribution in [0.2, 0.25) is 0 Å². The van der Waals surface area contributed by atoms with Crippen molar-refractivity contribution in [2.75, 3.05) is 0 Å². The first-order valence-electron chi connectivity index (χ1n) is 4.53. The predicted octanol–water partition coefficient (Wildman–Crippen LogP) is 2.72. The summed E-state index contributed by atoms with van der Waals surface area (Å²) in [5, 5.41) is 18.5. The van der Waals surface area contributed by atoms with Gasteiger partial charge in [-0.25, -0.2) is 0 Å². The normalized spacial score (nSPS) is 10.4. The molecule has 4 heteroatoms. The summed E-state index contributed by atoms with van der Waals surface area (Å²) in [6, 6.07) is 11.5. The van der Waals surface area contributed by atoms with Crippen LogP contribution < -0.4 is 0 Å². The van der Waals surface area contributed by atoms with Crippen LogP contribution >= 0.6 is 11.8 Å². The zero-order valence-corrected chi connectivity index (χ0v) is 8.79. The topological polar surface area (TPSA) is 56.2 Å². The van der Waals surface area contributed by atoms with Crippen LogP contribution in [0.3, 0.4) is 0 Å². The number of benzene rings is 1. The Hall–Kier alpha value is -1.55. The molecule has 0 saturated heterocycles. The molecule has 0 atom stereocenters. The molecule has 1 aromatic heterocycles. The van der Waals surface area contributed by atoms with Crippen LogP contribution in [0.4, 0.5) is 0 Å². The molecule has 0 aliphatic carbocycles. The van der Waals surface area contributed by atoms with Crippen molar-refractivity contribution in [1.82, 2.24) is 4.98 Å². The molecule has 0 saturated carbocycles. The van der Waals surface area contributed by atoms with Crippen LogP contribution in [0.5, 0.6) is 11.8 Å². The van der Waals surface area contributed by atoms with Crippen molar-refractivity contribution in [3.8, 4) is 11.8 Å². The van der Waals surface area contributed by atoms with Gasteiger partial charge in [-0.3, -0.25) is 4.98 Å². The number of H-pyrrole nitrogens is 1. The highest BCUT2D eigenvalue weighted by Gasteiger charge is 2.06. The van der Waals surface area contributed by atoms with E-state index in [9.17, 15) is 5.11 Å². The van der Waals surface area contributed by atoms with Crippen molar-refractivity contribution in [2.24, 2.45) is 0 Å². The fourth-order valence-electron chi connectivity index (χ4n) is 1.26. The minimum absolute atomic E-state index is 0.0111. The molecular weight excluding hydrogens is 210 g/mol. The van der Waals surface area contributed by atoms with E-state index >= 15 is 0 Å². The van der Waals surface area contributed by atoms with E-state index in [-0.39, 0.29) is 11.8 Å². The van der Waals surface area contributed by atoms with Crippen LogP contribution in [0, 0.1) is 0 Å². The first-order chi connectivity index (χ1) is 7.25. The molecule has 0 aliphatic heterocycles. The minimum Gasteiger partial charge on any atom is -0.494 e. The summed E-state index contributed by atoms with van der Waals surface area (Å²) in [4.78, 5) is 3.10. The van der Waals surface area contributed by atoms with Gasteiger partial charge in [0, 0.05) is 11.8 Å². The number of hydrogen-bond acceptors (Lipinski definition) is 3. The zero-order valence-electron chi connectivity index (χ0n) is 7.97. The Labute approximate surface area is 91.8 Å². The van der Waals surface area contributed by atoms with E-state index in [1.54, 1.807) is 0 Å². The van der Waals surface area contributed by atoms with Crippen LogP contribution in [0.25, 0.3) is 0 Å². The van der Waals surface area contributed by atoms with E-state index in [4.69, 9.17) is 5.11 Å². The number of aromatic hydroxyl groups is 2. The van der Waals surface area contributed by atoms with Crippen LogP contribution in [0.15, 0.2) is 41.3 Å². The van der Waals surface area contributed by atoms with Crippen LogP contribution in [-0.4, -0.2) is 15.2 Å². The molecule has 3 nitrogen and oxygen atoms in total. The van der Waals surface area contributed by atoms with Crippen molar-refractivity contribution in [3.05, 3.63) is 42.0 Å². The van der Waals surface area contributed by atoms with Gasteiger partial charge in [-0.05, 0) is 5.56 Å². The molecule has 0 aliphatic rings. The molecule has 0 unspecified atom stereocenters. The lowest BCUT2D eigenvalue weighted by Crippen LogP contribution is -1.77. The second-order valence-electron chi connectivity index (χ2n) is 3.14. The van der Waals surface area contributed by atoms with Crippen molar-refractivity contribution < 1.29 is 10.2 Å². The summed E-state index contributed by atoms with van der Waals surface area (Å²) < 4.78 is 0. The maximum absolute atomic E-state index is 9.37. The monoisotopic (exact) mass is 221 g/mol. The summed E-state index contributed by atoms with van der Waals surface area (Å²) in [6.45, 7) is 0. The lowest BCUT2D eigenvalue weighted by Gasteiger charge is -1.99. The summed E-state index contributed by atoms with van der Waals surface area (Å²) in [5.74, 6) is 0.780. The van der Waals surface area contributed by atoms with Gasteiger partial charge in [-0.2, -0.15) is 0 Å². The fraction of sp³-hybridized carbons (Fsp3) is 0.0909. The van der Waals surface area contributed by atoms with Gasteiger partial charge in [-0.15, -0.1) is 11.8 Å². The van der Waals surface area contributed by atoms with Gasteiger partial charge in [0.05, 0.1) is 4.90 Å². The molecule has 0 radical (unpaired) electrons. The van der Waals surface area contributed by atoms with E-state index in [1.807, 2.05) is 30.3 Å². The lowest BCUT2D eigenvalue weighted by atomic mass is 10.2. The van der Waals surface area contributed by atoms with Crippen LogP contribution in [-0.2, 0) is 5.75 Å². The average Bonchev–Trinajstić information content (AvgIpc) is 2.56. The first-order valence-corrected chi connectivity index (χ1v) is 5.52. The first kappa shape index (κ1) is 9.98. The maximum Gasteiger partial charge on any atom is 0.205 e. The van der Waals surface area contributed by atoms with Gasteiger partial charge in [0.1, 0.15) is 0 Å². The van der Waals surface area contributed by atoms with Crippen molar-refractivity contribution in [2.45, 2.75) is 10.6 Å². The van der Waals surface area contributed by atoms with Gasteiger partial charge in [0.15, 0.2) is 5.88 Å². The molecule has 0 amide bonds. The van der Waals surface area contributed by atoms with Gasteiger partial charge < -0.3 is 10.2 Å². The Bertz CT molecular complexity index is 439. The number of aromatic nitrogens is 1. The van der Waals surface area contributed by atoms with E-state index < -0.39 is 0 Å².